The van der Waals surface area contributed by atoms with Gasteiger partial charge in [-0.1, -0.05) is 19.3 Å². The highest BCUT2D eigenvalue weighted by molar-refractivity contribution is 4.93. The van der Waals surface area contributed by atoms with Crippen LogP contribution in [0.3, 0.4) is 0 Å². The first-order chi connectivity index (χ1) is 6.70. The number of rotatable bonds is 2. The molecule has 2 heteroatoms. The first kappa shape index (κ1) is 10.4. The molecule has 2 fully saturated rings. The molecule has 2 unspecified atom stereocenters. The molecule has 0 spiro atoms. The molecule has 0 aliphatic heterocycles. The van der Waals surface area contributed by atoms with Crippen molar-refractivity contribution in [2.24, 2.45) is 0 Å². The van der Waals surface area contributed by atoms with E-state index in [0.29, 0.717) is 11.6 Å². The summed E-state index contributed by atoms with van der Waals surface area (Å²) in [5.74, 6) is 0. The predicted molar refractivity (Wildman–Crippen MR) is 58.3 cm³/mol. The molecule has 14 heavy (non-hydrogen) atoms. The zero-order valence-corrected chi connectivity index (χ0v) is 9.26. The summed E-state index contributed by atoms with van der Waals surface area (Å²) in [5, 5.41) is 13.5. The van der Waals surface area contributed by atoms with Gasteiger partial charge in [-0.05, 0) is 39.0 Å². The monoisotopic (exact) mass is 197 g/mol. The minimum absolute atomic E-state index is 0.0891. The Morgan fingerprint density at radius 3 is 2.36 bits per heavy atom. The second-order valence-corrected chi connectivity index (χ2v) is 5.37. The van der Waals surface area contributed by atoms with Gasteiger partial charge in [-0.2, -0.15) is 0 Å². The molecule has 2 rings (SSSR count). The molecule has 0 bridgehead atoms. The summed E-state index contributed by atoms with van der Waals surface area (Å²) in [6.45, 7) is 2.33. The Morgan fingerprint density at radius 1 is 1.07 bits per heavy atom. The van der Waals surface area contributed by atoms with Crippen molar-refractivity contribution in [1.29, 1.82) is 0 Å². The van der Waals surface area contributed by atoms with Crippen molar-refractivity contribution < 1.29 is 5.11 Å². The molecule has 2 nitrogen and oxygen atoms in total. The zero-order chi connectivity index (χ0) is 10.0. The SMILES string of the molecule is CC1(NC2CCCC2O)CCCCC1. The van der Waals surface area contributed by atoms with Crippen molar-refractivity contribution in [3.63, 3.8) is 0 Å². The Balaban J connectivity index is 1.88. The largest absolute Gasteiger partial charge is 0.392 e. The van der Waals surface area contributed by atoms with E-state index in [2.05, 4.69) is 12.2 Å². The molecule has 0 saturated heterocycles. The molecular weight excluding hydrogens is 174 g/mol. The lowest BCUT2D eigenvalue weighted by atomic mass is 9.82. The van der Waals surface area contributed by atoms with Crippen LogP contribution in [-0.4, -0.2) is 22.8 Å². The van der Waals surface area contributed by atoms with Gasteiger partial charge in [0.25, 0.3) is 0 Å². The Labute approximate surface area is 87.1 Å². The molecule has 0 radical (unpaired) electrons. The second-order valence-electron chi connectivity index (χ2n) is 5.37. The van der Waals surface area contributed by atoms with Crippen LogP contribution in [0.1, 0.15) is 58.3 Å². The van der Waals surface area contributed by atoms with Crippen LogP contribution in [0, 0.1) is 0 Å². The summed E-state index contributed by atoms with van der Waals surface area (Å²) in [4.78, 5) is 0. The van der Waals surface area contributed by atoms with E-state index >= 15 is 0 Å². The minimum atomic E-state index is -0.0891. The average Bonchev–Trinajstić information content (AvgIpc) is 2.52. The van der Waals surface area contributed by atoms with Crippen molar-refractivity contribution in [3.8, 4) is 0 Å². The molecule has 0 heterocycles. The van der Waals surface area contributed by atoms with Crippen molar-refractivity contribution in [2.45, 2.75) is 76.0 Å². The highest BCUT2D eigenvalue weighted by Crippen LogP contribution is 2.30. The van der Waals surface area contributed by atoms with Crippen LogP contribution in [0.2, 0.25) is 0 Å². The zero-order valence-electron chi connectivity index (χ0n) is 9.26. The summed E-state index contributed by atoms with van der Waals surface area (Å²) in [7, 11) is 0. The third kappa shape index (κ3) is 2.29. The molecule has 0 aromatic rings. The normalized spacial score (nSPS) is 37.3. The van der Waals surface area contributed by atoms with Crippen LogP contribution in [0.5, 0.6) is 0 Å². The van der Waals surface area contributed by atoms with E-state index in [9.17, 15) is 5.11 Å². The van der Waals surface area contributed by atoms with Gasteiger partial charge in [-0.25, -0.2) is 0 Å². The lowest BCUT2D eigenvalue weighted by molar-refractivity contribution is 0.117. The number of hydrogen-bond donors (Lipinski definition) is 2. The van der Waals surface area contributed by atoms with Gasteiger partial charge in [0.15, 0.2) is 0 Å². The van der Waals surface area contributed by atoms with Crippen LogP contribution >= 0.6 is 0 Å². The maximum absolute atomic E-state index is 9.77. The number of nitrogens with one attached hydrogen (secondary N) is 1. The molecular formula is C12H23NO. The molecule has 2 N–H and O–H groups in total. The Morgan fingerprint density at radius 2 is 1.79 bits per heavy atom. The van der Waals surface area contributed by atoms with Crippen LogP contribution in [0.25, 0.3) is 0 Å². The minimum Gasteiger partial charge on any atom is -0.392 e. The van der Waals surface area contributed by atoms with Crippen LogP contribution in [0.15, 0.2) is 0 Å². The lowest BCUT2D eigenvalue weighted by Gasteiger charge is -2.38. The smallest absolute Gasteiger partial charge is 0.0693 e. The summed E-state index contributed by atoms with van der Waals surface area (Å²) >= 11 is 0. The molecule has 2 aliphatic carbocycles. The number of aliphatic hydroxyl groups excluding tert-OH is 1. The lowest BCUT2D eigenvalue weighted by Crippen LogP contribution is -2.51. The van der Waals surface area contributed by atoms with Crippen molar-refractivity contribution in [3.05, 3.63) is 0 Å². The average molecular weight is 197 g/mol. The van der Waals surface area contributed by atoms with Gasteiger partial charge in [0.05, 0.1) is 6.10 Å². The third-order valence-corrected chi connectivity index (χ3v) is 3.97. The van der Waals surface area contributed by atoms with E-state index in [1.807, 2.05) is 0 Å². The third-order valence-electron chi connectivity index (χ3n) is 3.97. The van der Waals surface area contributed by atoms with Gasteiger partial charge < -0.3 is 10.4 Å². The van der Waals surface area contributed by atoms with Gasteiger partial charge in [-0.15, -0.1) is 0 Å². The Hall–Kier alpha value is -0.0800. The van der Waals surface area contributed by atoms with Gasteiger partial charge in [0.2, 0.25) is 0 Å². The first-order valence-corrected chi connectivity index (χ1v) is 6.15. The molecule has 0 amide bonds. The fourth-order valence-corrected chi connectivity index (χ4v) is 3.03. The highest BCUT2D eigenvalue weighted by atomic mass is 16.3. The van der Waals surface area contributed by atoms with E-state index in [1.54, 1.807) is 0 Å². The van der Waals surface area contributed by atoms with Gasteiger partial charge in [0.1, 0.15) is 0 Å². The van der Waals surface area contributed by atoms with E-state index in [0.717, 1.165) is 12.8 Å². The summed E-state index contributed by atoms with van der Waals surface area (Å²) in [5.41, 5.74) is 0.314. The molecule has 0 aromatic heterocycles. The quantitative estimate of drug-likeness (QED) is 0.711. The Bertz CT molecular complexity index is 187. The summed E-state index contributed by atoms with van der Waals surface area (Å²) in [6.07, 6.45) is 9.93. The van der Waals surface area contributed by atoms with Crippen LogP contribution in [-0.2, 0) is 0 Å². The maximum Gasteiger partial charge on any atom is 0.0693 e. The van der Waals surface area contributed by atoms with E-state index in [-0.39, 0.29) is 6.10 Å². The molecule has 2 aliphatic rings. The van der Waals surface area contributed by atoms with Crippen molar-refractivity contribution >= 4 is 0 Å². The number of aliphatic hydroxyl groups is 1. The molecule has 82 valence electrons. The highest BCUT2D eigenvalue weighted by Gasteiger charge is 2.33. The van der Waals surface area contributed by atoms with Crippen molar-refractivity contribution in [1.82, 2.24) is 5.32 Å². The molecule has 2 atom stereocenters. The second kappa shape index (κ2) is 4.19. The van der Waals surface area contributed by atoms with Gasteiger partial charge in [-0.3, -0.25) is 0 Å². The topological polar surface area (TPSA) is 32.3 Å². The fourth-order valence-electron chi connectivity index (χ4n) is 3.03. The predicted octanol–water partition coefficient (Wildman–Crippen LogP) is 2.21. The summed E-state index contributed by atoms with van der Waals surface area (Å²) < 4.78 is 0. The van der Waals surface area contributed by atoms with Crippen molar-refractivity contribution in [2.75, 3.05) is 0 Å². The standard InChI is InChI=1S/C12H23NO/c1-12(8-3-2-4-9-12)13-10-6-5-7-11(10)14/h10-11,13-14H,2-9H2,1H3. The van der Waals surface area contributed by atoms with Crippen LogP contribution < -0.4 is 5.32 Å². The molecule has 0 aromatic carbocycles. The van der Waals surface area contributed by atoms with E-state index in [4.69, 9.17) is 0 Å². The maximum atomic E-state index is 9.77. The van der Waals surface area contributed by atoms with Gasteiger partial charge in [0, 0.05) is 11.6 Å². The molecule has 2 saturated carbocycles. The first-order valence-electron chi connectivity index (χ1n) is 6.15. The summed E-state index contributed by atoms with van der Waals surface area (Å²) in [6, 6.07) is 0.373. The van der Waals surface area contributed by atoms with E-state index < -0.39 is 0 Å². The Kier molecular flexibility index (Phi) is 3.13. The van der Waals surface area contributed by atoms with Gasteiger partial charge >= 0.3 is 0 Å². The number of hydrogen-bond acceptors (Lipinski definition) is 2. The van der Waals surface area contributed by atoms with E-state index in [1.165, 1.54) is 38.5 Å². The fraction of sp³-hybridized carbons (Fsp3) is 1.00. The van der Waals surface area contributed by atoms with Crippen LogP contribution in [0.4, 0.5) is 0 Å².